The van der Waals surface area contributed by atoms with Crippen molar-refractivity contribution in [3.05, 3.63) is 36.3 Å². The summed E-state index contributed by atoms with van der Waals surface area (Å²) in [5.74, 6) is 0.921. The average molecular weight is 255 g/mol. The number of hydrogen-bond acceptors (Lipinski definition) is 4. The maximum absolute atomic E-state index is 11.1. The summed E-state index contributed by atoms with van der Waals surface area (Å²) in [6, 6.07) is 7.48. The molecule has 0 aliphatic carbocycles. The highest BCUT2D eigenvalue weighted by atomic mass is 32.2. The predicted molar refractivity (Wildman–Crippen MR) is 70.1 cm³/mol. The van der Waals surface area contributed by atoms with Crippen LogP contribution in [0.3, 0.4) is 0 Å². The molecule has 0 amide bonds. The van der Waals surface area contributed by atoms with Gasteiger partial charge in [-0.05, 0) is 30.7 Å². The molecule has 94 valence electrons. The van der Waals surface area contributed by atoms with Crippen molar-refractivity contribution in [2.75, 3.05) is 24.7 Å². The first-order chi connectivity index (χ1) is 8.07. The zero-order valence-corrected chi connectivity index (χ0v) is 10.7. The highest BCUT2D eigenvalue weighted by Gasteiger charge is 2.03. The topological polar surface area (TPSA) is 55.4 Å². The van der Waals surface area contributed by atoms with E-state index in [4.69, 9.17) is 4.74 Å². The summed E-state index contributed by atoms with van der Waals surface area (Å²) < 4.78 is 27.3. The van der Waals surface area contributed by atoms with E-state index in [1.165, 1.54) is 0 Å². The van der Waals surface area contributed by atoms with Crippen LogP contribution >= 0.6 is 0 Å². The van der Waals surface area contributed by atoms with Gasteiger partial charge in [-0.3, -0.25) is 0 Å². The van der Waals surface area contributed by atoms with E-state index in [1.807, 2.05) is 24.3 Å². The molecule has 0 aliphatic heterocycles. The summed E-state index contributed by atoms with van der Waals surface area (Å²) in [4.78, 5) is 0. The van der Waals surface area contributed by atoms with Crippen LogP contribution in [0.25, 0.3) is 0 Å². The molecule has 1 N–H and O–H groups in total. The van der Waals surface area contributed by atoms with Crippen LogP contribution in [-0.4, -0.2) is 27.8 Å². The van der Waals surface area contributed by atoms with Crippen LogP contribution in [-0.2, 0) is 9.84 Å². The van der Waals surface area contributed by atoms with Gasteiger partial charge in [-0.25, -0.2) is 8.42 Å². The van der Waals surface area contributed by atoms with Crippen molar-refractivity contribution in [1.29, 1.82) is 0 Å². The summed E-state index contributed by atoms with van der Waals surface area (Å²) in [5.41, 5.74) is 0.946. The minimum atomic E-state index is -3.08. The molecule has 1 rings (SSSR count). The van der Waals surface area contributed by atoms with Crippen molar-refractivity contribution in [3.63, 3.8) is 0 Å². The molecule has 5 heteroatoms. The Kier molecular flexibility index (Phi) is 5.03. The Bertz CT molecular complexity index is 451. The number of ether oxygens (including phenoxy) is 1. The normalized spacial score (nSPS) is 10.9. The van der Waals surface area contributed by atoms with E-state index < -0.39 is 9.84 Å². The fourth-order valence-corrected chi connectivity index (χ4v) is 2.01. The van der Waals surface area contributed by atoms with Crippen molar-refractivity contribution < 1.29 is 13.2 Å². The van der Waals surface area contributed by atoms with Gasteiger partial charge < -0.3 is 10.1 Å². The molecule has 1 aromatic carbocycles. The number of rotatable bonds is 7. The van der Waals surface area contributed by atoms with Gasteiger partial charge in [0.1, 0.15) is 5.75 Å². The predicted octanol–water partition coefficient (Wildman–Crippen LogP) is 2.06. The summed E-state index contributed by atoms with van der Waals surface area (Å²) >= 11 is 0. The molecule has 0 unspecified atom stereocenters. The van der Waals surface area contributed by atoms with Crippen LogP contribution in [0, 0.1) is 0 Å². The van der Waals surface area contributed by atoms with Gasteiger partial charge in [0.25, 0.3) is 0 Å². The fraction of sp³-hybridized carbons (Fsp3) is 0.333. The molecule has 0 aromatic heterocycles. The van der Waals surface area contributed by atoms with Gasteiger partial charge in [-0.1, -0.05) is 6.58 Å². The number of sulfone groups is 1. The quantitative estimate of drug-likeness (QED) is 0.758. The molecule has 0 radical (unpaired) electrons. The molecule has 0 atom stereocenters. The average Bonchev–Trinajstić information content (AvgIpc) is 2.35. The highest BCUT2D eigenvalue weighted by molar-refractivity contribution is 7.94. The Morgan fingerprint density at radius 2 is 2.00 bits per heavy atom. The molecule has 4 nitrogen and oxygen atoms in total. The maximum atomic E-state index is 11.1. The van der Waals surface area contributed by atoms with Gasteiger partial charge in [-0.2, -0.15) is 0 Å². The summed E-state index contributed by atoms with van der Waals surface area (Å²) in [6.07, 6.45) is 0.556. The molecule has 0 heterocycles. The van der Waals surface area contributed by atoms with Gasteiger partial charge >= 0.3 is 0 Å². The van der Waals surface area contributed by atoms with E-state index in [-0.39, 0.29) is 5.75 Å². The van der Waals surface area contributed by atoms with Crippen molar-refractivity contribution in [1.82, 2.24) is 0 Å². The minimum absolute atomic E-state index is 0.125. The lowest BCUT2D eigenvalue weighted by Gasteiger charge is -2.06. The van der Waals surface area contributed by atoms with Crippen LogP contribution < -0.4 is 10.1 Å². The summed E-state index contributed by atoms with van der Waals surface area (Å²) in [6.45, 7) is 3.88. The third kappa shape index (κ3) is 4.91. The van der Waals surface area contributed by atoms with Crippen molar-refractivity contribution in [3.8, 4) is 5.75 Å². The zero-order chi connectivity index (χ0) is 12.7. The van der Waals surface area contributed by atoms with Gasteiger partial charge in [0.2, 0.25) is 0 Å². The van der Waals surface area contributed by atoms with E-state index in [0.29, 0.717) is 13.0 Å². The second-order valence-electron chi connectivity index (χ2n) is 3.54. The van der Waals surface area contributed by atoms with Gasteiger partial charge in [0, 0.05) is 17.6 Å². The second-order valence-corrected chi connectivity index (χ2v) is 5.61. The number of benzene rings is 1. The molecular formula is C12H17NO3S. The van der Waals surface area contributed by atoms with Crippen LogP contribution in [0.5, 0.6) is 5.75 Å². The molecule has 0 aliphatic rings. The highest BCUT2D eigenvalue weighted by Crippen LogP contribution is 2.14. The standard InChI is InChI=1S/C12H17NO3S/c1-3-17(14,15)10-4-9-13-11-5-7-12(16-2)8-6-11/h3,5-8,13H,1,4,9-10H2,2H3. The van der Waals surface area contributed by atoms with Gasteiger partial charge in [0.05, 0.1) is 12.9 Å². The lowest BCUT2D eigenvalue weighted by atomic mass is 10.3. The Labute approximate surface area is 102 Å². The third-order valence-electron chi connectivity index (χ3n) is 2.28. The fourth-order valence-electron chi connectivity index (χ4n) is 1.30. The monoisotopic (exact) mass is 255 g/mol. The van der Waals surface area contributed by atoms with Crippen molar-refractivity contribution in [2.45, 2.75) is 6.42 Å². The van der Waals surface area contributed by atoms with Crippen molar-refractivity contribution in [2.24, 2.45) is 0 Å². The summed E-state index contributed by atoms with van der Waals surface area (Å²) in [7, 11) is -1.47. The molecule has 0 fully saturated rings. The molecule has 0 bridgehead atoms. The third-order valence-corrected chi connectivity index (χ3v) is 3.64. The lowest BCUT2D eigenvalue weighted by molar-refractivity contribution is 0.415. The zero-order valence-electron chi connectivity index (χ0n) is 9.85. The first-order valence-corrected chi connectivity index (χ1v) is 7.02. The molecule has 1 aromatic rings. The lowest BCUT2D eigenvalue weighted by Crippen LogP contribution is -2.08. The van der Waals surface area contributed by atoms with E-state index in [9.17, 15) is 8.42 Å². The van der Waals surface area contributed by atoms with Crippen LogP contribution in [0.2, 0.25) is 0 Å². The Balaban J connectivity index is 2.33. The SMILES string of the molecule is C=CS(=O)(=O)CCCNc1ccc(OC)cc1. The molecule has 17 heavy (non-hydrogen) atoms. The summed E-state index contributed by atoms with van der Waals surface area (Å²) in [5, 5.41) is 4.14. The number of methoxy groups -OCH3 is 1. The molecule has 0 spiro atoms. The van der Waals surface area contributed by atoms with E-state index >= 15 is 0 Å². The van der Waals surface area contributed by atoms with E-state index in [0.717, 1.165) is 16.8 Å². The maximum Gasteiger partial charge on any atom is 0.171 e. The Morgan fingerprint density at radius 3 is 2.53 bits per heavy atom. The van der Waals surface area contributed by atoms with Crippen LogP contribution in [0.4, 0.5) is 5.69 Å². The van der Waals surface area contributed by atoms with Crippen LogP contribution in [0.1, 0.15) is 6.42 Å². The number of nitrogens with one attached hydrogen (secondary N) is 1. The molecule has 0 saturated carbocycles. The number of anilines is 1. The Morgan fingerprint density at radius 1 is 1.35 bits per heavy atom. The van der Waals surface area contributed by atoms with Crippen molar-refractivity contribution >= 4 is 15.5 Å². The van der Waals surface area contributed by atoms with Gasteiger partial charge in [0.15, 0.2) is 9.84 Å². The molecular weight excluding hydrogens is 238 g/mol. The van der Waals surface area contributed by atoms with E-state index in [2.05, 4.69) is 11.9 Å². The largest absolute Gasteiger partial charge is 0.497 e. The first-order valence-electron chi connectivity index (χ1n) is 5.30. The number of hydrogen-bond donors (Lipinski definition) is 1. The van der Waals surface area contributed by atoms with Gasteiger partial charge in [-0.15, -0.1) is 0 Å². The minimum Gasteiger partial charge on any atom is -0.497 e. The second kappa shape index (κ2) is 6.30. The Hall–Kier alpha value is -1.49. The smallest absolute Gasteiger partial charge is 0.171 e. The first kappa shape index (κ1) is 13.6. The van der Waals surface area contributed by atoms with Crippen LogP contribution in [0.15, 0.2) is 36.3 Å². The van der Waals surface area contributed by atoms with E-state index in [1.54, 1.807) is 7.11 Å². The molecule has 0 saturated heterocycles.